The highest BCUT2D eigenvalue weighted by Gasteiger charge is 2.43. The van der Waals surface area contributed by atoms with E-state index in [1.165, 1.54) is 25.9 Å². The van der Waals surface area contributed by atoms with Crippen molar-refractivity contribution in [3.8, 4) is 5.75 Å². The molecule has 10 heteroatoms. The van der Waals surface area contributed by atoms with Gasteiger partial charge in [0.15, 0.2) is 24.2 Å². The highest BCUT2D eigenvalue weighted by molar-refractivity contribution is 6.60. The Morgan fingerprint density at radius 3 is 2.58 bits per heavy atom. The van der Waals surface area contributed by atoms with E-state index in [4.69, 9.17) is 23.7 Å². The van der Waals surface area contributed by atoms with Gasteiger partial charge in [-0.1, -0.05) is 25.2 Å². The van der Waals surface area contributed by atoms with Gasteiger partial charge in [-0.05, 0) is 44.9 Å². The largest absolute Gasteiger partial charge is 0.467 e. The fraction of sp³-hybridized carbons (Fsp3) is 0.500. The normalized spacial score (nSPS) is 27.7. The van der Waals surface area contributed by atoms with Gasteiger partial charge in [-0.3, -0.25) is 9.59 Å². The lowest BCUT2D eigenvalue weighted by molar-refractivity contribution is -0.152. The Balaban J connectivity index is 2.13. The average molecular weight is 499 g/mol. The molecule has 0 bridgehead atoms. The maximum Gasteiger partial charge on any atom is 0.342 e. The standard InChI is InChI=1S/C26H34BNO8/c1-15-10-11-19(29)23-20(35-26(3,4)36-23)9-7-8-17-12-18(28(5)25(27)31)13-21(33-14-32-6)22(17)24(30)34-16(15)2/h7-8,10-13,15-16,20,23H,9,14,27H2,1-6H3/b8-7+,11-10-/t15-,16+,20+,23-/m1/s1. The summed E-state index contributed by atoms with van der Waals surface area (Å²) in [7, 11) is 4.55. The second kappa shape index (κ2) is 11.4. The van der Waals surface area contributed by atoms with Crippen LogP contribution in [-0.4, -0.2) is 70.5 Å². The molecule has 1 amide bonds. The van der Waals surface area contributed by atoms with Crippen LogP contribution >= 0.6 is 0 Å². The number of methoxy groups -OCH3 is 1. The van der Waals surface area contributed by atoms with E-state index in [2.05, 4.69) is 0 Å². The predicted molar refractivity (Wildman–Crippen MR) is 137 cm³/mol. The lowest BCUT2D eigenvalue weighted by atomic mass is 9.99. The number of benzene rings is 1. The van der Waals surface area contributed by atoms with Gasteiger partial charge in [-0.2, -0.15) is 0 Å². The number of fused-ring (bicyclic) bond motifs is 2. The number of carbonyl (C=O) groups is 3. The third kappa shape index (κ3) is 6.43. The Kier molecular flexibility index (Phi) is 8.76. The minimum absolute atomic E-state index is 0.0997. The molecule has 2 aliphatic heterocycles. The van der Waals surface area contributed by atoms with Crippen molar-refractivity contribution in [2.24, 2.45) is 5.92 Å². The summed E-state index contributed by atoms with van der Waals surface area (Å²) in [4.78, 5) is 39.8. The van der Waals surface area contributed by atoms with E-state index < -0.39 is 30.1 Å². The number of ketones is 1. The van der Waals surface area contributed by atoms with E-state index in [9.17, 15) is 14.4 Å². The van der Waals surface area contributed by atoms with E-state index in [0.717, 1.165) is 0 Å². The Bertz CT molecular complexity index is 1070. The minimum atomic E-state index is -0.908. The number of ether oxygens (including phenoxy) is 5. The summed E-state index contributed by atoms with van der Waals surface area (Å²) >= 11 is 0. The quantitative estimate of drug-likeness (QED) is 0.354. The molecule has 4 atom stereocenters. The number of carbonyl (C=O) groups excluding carboxylic acids is 3. The van der Waals surface area contributed by atoms with Crippen LogP contribution in [0, 0.1) is 5.92 Å². The molecule has 9 nitrogen and oxygen atoms in total. The van der Waals surface area contributed by atoms with Crippen LogP contribution in [-0.2, 0) is 23.7 Å². The van der Waals surface area contributed by atoms with Crippen molar-refractivity contribution in [3.63, 3.8) is 0 Å². The number of anilines is 1. The van der Waals surface area contributed by atoms with E-state index >= 15 is 0 Å². The molecule has 0 N–H and O–H groups in total. The molecule has 0 radical (unpaired) electrons. The molecule has 194 valence electrons. The van der Waals surface area contributed by atoms with E-state index in [1.807, 2.05) is 6.92 Å². The summed E-state index contributed by atoms with van der Waals surface area (Å²) in [5, 5.41) is 0. The van der Waals surface area contributed by atoms with E-state index in [-0.39, 0.29) is 35.6 Å². The van der Waals surface area contributed by atoms with Gasteiger partial charge in [-0.15, -0.1) is 0 Å². The molecule has 1 aromatic carbocycles. The first-order chi connectivity index (χ1) is 16.9. The van der Waals surface area contributed by atoms with Gasteiger partial charge < -0.3 is 28.6 Å². The first-order valence-electron chi connectivity index (χ1n) is 11.9. The predicted octanol–water partition coefficient (Wildman–Crippen LogP) is 3.10. The van der Waals surface area contributed by atoms with Crippen molar-refractivity contribution in [3.05, 3.63) is 41.5 Å². The highest BCUT2D eigenvalue weighted by Crippen LogP contribution is 2.34. The molecule has 3 rings (SSSR count). The summed E-state index contributed by atoms with van der Waals surface area (Å²) in [6.45, 7) is 7.05. The summed E-state index contributed by atoms with van der Waals surface area (Å²) in [5.41, 5.74) is 1.23. The number of hydrogen-bond donors (Lipinski definition) is 0. The Hall–Kier alpha value is -2.95. The molecular formula is C26H34BNO8. The van der Waals surface area contributed by atoms with Crippen LogP contribution in [0.4, 0.5) is 10.5 Å². The summed E-state index contributed by atoms with van der Waals surface area (Å²) < 4.78 is 28.5. The molecular weight excluding hydrogens is 465 g/mol. The van der Waals surface area contributed by atoms with Crippen molar-refractivity contribution >= 4 is 37.2 Å². The van der Waals surface area contributed by atoms with Gasteiger partial charge in [-0.25, -0.2) is 4.79 Å². The highest BCUT2D eigenvalue weighted by atomic mass is 16.8. The smallest absolute Gasteiger partial charge is 0.342 e. The van der Waals surface area contributed by atoms with Crippen molar-refractivity contribution < 1.29 is 38.1 Å². The molecule has 0 unspecified atom stereocenters. The number of cyclic esters (lactones) is 1. The van der Waals surface area contributed by atoms with Gasteiger partial charge in [0.1, 0.15) is 23.5 Å². The topological polar surface area (TPSA) is 101 Å². The molecule has 0 saturated carbocycles. The van der Waals surface area contributed by atoms with Crippen molar-refractivity contribution in [1.29, 1.82) is 0 Å². The molecule has 0 aromatic heterocycles. The van der Waals surface area contributed by atoms with Crippen LogP contribution in [0.3, 0.4) is 0 Å². The van der Waals surface area contributed by atoms with E-state index in [1.54, 1.807) is 58.2 Å². The van der Waals surface area contributed by atoms with Crippen molar-refractivity contribution in [2.45, 2.75) is 58.2 Å². The number of amides is 1. The summed E-state index contributed by atoms with van der Waals surface area (Å²) in [6.07, 6.45) is 5.27. The molecule has 1 saturated heterocycles. The lowest BCUT2D eigenvalue weighted by Crippen LogP contribution is -2.30. The van der Waals surface area contributed by atoms with Crippen LogP contribution in [0.5, 0.6) is 5.75 Å². The molecule has 0 spiro atoms. The number of nitrogens with zero attached hydrogens (tertiary/aromatic N) is 1. The zero-order valence-electron chi connectivity index (χ0n) is 21.9. The summed E-state index contributed by atoms with van der Waals surface area (Å²) in [5.74, 6) is -1.91. The maximum atomic E-state index is 13.4. The first-order valence-corrected chi connectivity index (χ1v) is 11.9. The van der Waals surface area contributed by atoms with Gasteiger partial charge in [0.05, 0.1) is 6.10 Å². The van der Waals surface area contributed by atoms with Crippen LogP contribution in [0.25, 0.3) is 6.08 Å². The van der Waals surface area contributed by atoms with Crippen molar-refractivity contribution in [2.75, 3.05) is 25.9 Å². The SMILES string of the molecule is BC(=O)N(C)c1cc2c(c(OCOC)c1)C(=O)O[C@@H](C)[C@H](C)/C=C\C(=O)[C@H]1OC(C)(C)O[C@H]1C/C=C/2. The van der Waals surface area contributed by atoms with Gasteiger partial charge in [0, 0.05) is 31.8 Å². The molecule has 1 aromatic rings. The molecule has 2 aliphatic rings. The third-order valence-corrected chi connectivity index (χ3v) is 6.24. The van der Waals surface area contributed by atoms with Crippen molar-refractivity contribution in [1.82, 2.24) is 0 Å². The Morgan fingerprint density at radius 2 is 1.92 bits per heavy atom. The fourth-order valence-electron chi connectivity index (χ4n) is 3.99. The molecule has 1 fully saturated rings. The van der Waals surface area contributed by atoms with Crippen LogP contribution in [0.1, 0.15) is 50.0 Å². The van der Waals surface area contributed by atoms with E-state index in [0.29, 0.717) is 17.7 Å². The number of hydrogen-bond acceptors (Lipinski definition) is 8. The first kappa shape index (κ1) is 27.6. The second-order valence-corrected chi connectivity index (χ2v) is 9.50. The van der Waals surface area contributed by atoms with Gasteiger partial charge in [0.25, 0.3) is 0 Å². The zero-order chi connectivity index (χ0) is 26.6. The van der Waals surface area contributed by atoms with Gasteiger partial charge in [0.2, 0.25) is 7.85 Å². The van der Waals surface area contributed by atoms with Crippen LogP contribution < -0.4 is 9.64 Å². The average Bonchev–Trinajstić information content (AvgIpc) is 3.13. The monoisotopic (exact) mass is 499 g/mol. The lowest BCUT2D eigenvalue weighted by Gasteiger charge is -2.23. The maximum absolute atomic E-state index is 13.4. The van der Waals surface area contributed by atoms with Gasteiger partial charge >= 0.3 is 5.97 Å². The molecule has 36 heavy (non-hydrogen) atoms. The summed E-state index contributed by atoms with van der Waals surface area (Å²) in [6, 6.07) is 3.32. The second-order valence-electron chi connectivity index (χ2n) is 9.50. The Labute approximate surface area is 212 Å². The minimum Gasteiger partial charge on any atom is -0.467 e. The number of esters is 1. The third-order valence-electron chi connectivity index (χ3n) is 6.24. The Morgan fingerprint density at radius 1 is 1.19 bits per heavy atom. The fourth-order valence-corrected chi connectivity index (χ4v) is 3.99. The zero-order valence-corrected chi connectivity index (χ0v) is 21.9. The van der Waals surface area contributed by atoms with Crippen LogP contribution in [0.15, 0.2) is 30.4 Å². The number of rotatable bonds is 4. The molecule has 0 aliphatic carbocycles. The van der Waals surface area contributed by atoms with Crippen LogP contribution in [0.2, 0.25) is 0 Å². The molecule has 2 heterocycles.